The van der Waals surface area contributed by atoms with Crippen molar-refractivity contribution in [1.29, 1.82) is 0 Å². The van der Waals surface area contributed by atoms with Crippen molar-refractivity contribution in [2.45, 2.75) is 0 Å². The predicted octanol–water partition coefficient (Wildman–Crippen LogP) is 2.80. The van der Waals surface area contributed by atoms with Crippen molar-refractivity contribution in [2.24, 2.45) is 0 Å². The lowest BCUT2D eigenvalue weighted by Gasteiger charge is -2.08. The first-order chi connectivity index (χ1) is 7.85. The van der Waals surface area contributed by atoms with Crippen LogP contribution in [-0.4, -0.2) is 19.1 Å². The molecule has 3 nitrogen and oxygen atoms in total. The molecule has 2 aromatic rings. The number of ether oxygens (including phenoxy) is 1. The molecule has 0 fully saturated rings. The number of nitrogens with zero attached hydrogens (tertiary/aromatic N) is 1. The SMILES string of the molecule is CNc1ncccc1-c1ccc(OC)cc1. The van der Waals surface area contributed by atoms with Crippen molar-refractivity contribution < 1.29 is 4.74 Å². The van der Waals surface area contributed by atoms with Gasteiger partial charge in [-0.15, -0.1) is 0 Å². The Kier molecular flexibility index (Phi) is 3.05. The van der Waals surface area contributed by atoms with E-state index in [9.17, 15) is 0 Å². The molecule has 0 saturated heterocycles. The van der Waals surface area contributed by atoms with Gasteiger partial charge in [-0.05, 0) is 29.8 Å². The topological polar surface area (TPSA) is 34.2 Å². The number of hydrogen-bond donors (Lipinski definition) is 1. The van der Waals surface area contributed by atoms with Crippen molar-refractivity contribution in [3.63, 3.8) is 0 Å². The van der Waals surface area contributed by atoms with Crippen LogP contribution < -0.4 is 10.1 Å². The lowest BCUT2D eigenvalue weighted by Crippen LogP contribution is -1.94. The van der Waals surface area contributed by atoms with Crippen molar-refractivity contribution in [3.8, 4) is 16.9 Å². The lowest BCUT2D eigenvalue weighted by atomic mass is 10.1. The zero-order valence-electron chi connectivity index (χ0n) is 9.40. The molecular weight excluding hydrogens is 200 g/mol. The number of aromatic nitrogens is 1. The van der Waals surface area contributed by atoms with Crippen molar-refractivity contribution in [3.05, 3.63) is 42.6 Å². The summed E-state index contributed by atoms with van der Waals surface area (Å²) in [6, 6.07) is 11.9. The van der Waals surface area contributed by atoms with Gasteiger partial charge in [-0.2, -0.15) is 0 Å². The molecule has 0 aliphatic rings. The first-order valence-corrected chi connectivity index (χ1v) is 5.12. The van der Waals surface area contributed by atoms with Crippen LogP contribution in [0.25, 0.3) is 11.1 Å². The third kappa shape index (κ3) is 1.98. The molecule has 0 bridgehead atoms. The smallest absolute Gasteiger partial charge is 0.133 e. The molecule has 1 aromatic carbocycles. The summed E-state index contributed by atoms with van der Waals surface area (Å²) in [5, 5.41) is 3.08. The summed E-state index contributed by atoms with van der Waals surface area (Å²) in [7, 11) is 3.54. The van der Waals surface area contributed by atoms with E-state index in [1.165, 1.54) is 0 Å². The minimum absolute atomic E-state index is 0.860. The Bertz CT molecular complexity index is 466. The summed E-state index contributed by atoms with van der Waals surface area (Å²) in [5.41, 5.74) is 2.21. The second-order valence-corrected chi connectivity index (χ2v) is 3.38. The van der Waals surface area contributed by atoms with Gasteiger partial charge in [-0.25, -0.2) is 4.98 Å². The predicted molar refractivity (Wildman–Crippen MR) is 65.8 cm³/mol. The minimum atomic E-state index is 0.860. The molecule has 16 heavy (non-hydrogen) atoms. The molecule has 1 N–H and O–H groups in total. The largest absolute Gasteiger partial charge is 0.497 e. The van der Waals surface area contributed by atoms with Gasteiger partial charge >= 0.3 is 0 Å². The van der Waals surface area contributed by atoms with Crippen LogP contribution in [0, 0.1) is 0 Å². The fraction of sp³-hybridized carbons (Fsp3) is 0.154. The van der Waals surface area contributed by atoms with Gasteiger partial charge in [0, 0.05) is 18.8 Å². The average Bonchev–Trinajstić information content (AvgIpc) is 2.39. The van der Waals surface area contributed by atoms with Gasteiger partial charge in [0.15, 0.2) is 0 Å². The van der Waals surface area contributed by atoms with Gasteiger partial charge < -0.3 is 10.1 Å². The van der Waals surface area contributed by atoms with Gasteiger partial charge in [0.05, 0.1) is 7.11 Å². The summed E-state index contributed by atoms with van der Waals surface area (Å²) in [6.45, 7) is 0. The number of pyridine rings is 1. The highest BCUT2D eigenvalue weighted by molar-refractivity contribution is 5.75. The molecule has 1 aromatic heterocycles. The first kappa shape index (κ1) is 10.5. The highest BCUT2D eigenvalue weighted by atomic mass is 16.5. The van der Waals surface area contributed by atoms with E-state index >= 15 is 0 Å². The monoisotopic (exact) mass is 214 g/mol. The first-order valence-electron chi connectivity index (χ1n) is 5.12. The molecule has 0 amide bonds. The molecule has 0 atom stereocenters. The van der Waals surface area contributed by atoms with Gasteiger partial charge in [-0.3, -0.25) is 0 Å². The summed E-state index contributed by atoms with van der Waals surface area (Å²) in [5.74, 6) is 1.74. The Hall–Kier alpha value is -2.03. The van der Waals surface area contributed by atoms with Crippen molar-refractivity contribution in [1.82, 2.24) is 4.98 Å². The maximum absolute atomic E-state index is 5.13. The highest BCUT2D eigenvalue weighted by Gasteiger charge is 2.03. The third-order valence-electron chi connectivity index (χ3n) is 2.45. The van der Waals surface area contributed by atoms with E-state index in [2.05, 4.69) is 10.3 Å². The number of rotatable bonds is 3. The van der Waals surface area contributed by atoms with Crippen LogP contribution in [0.15, 0.2) is 42.6 Å². The zero-order valence-corrected chi connectivity index (χ0v) is 9.40. The molecular formula is C13H14N2O. The van der Waals surface area contributed by atoms with Crippen LogP contribution in [0.4, 0.5) is 5.82 Å². The number of benzene rings is 1. The Morgan fingerprint density at radius 2 is 1.88 bits per heavy atom. The molecule has 0 radical (unpaired) electrons. The fourth-order valence-electron chi connectivity index (χ4n) is 1.61. The summed E-state index contributed by atoms with van der Waals surface area (Å²) in [4.78, 5) is 4.27. The molecule has 0 aliphatic carbocycles. The van der Waals surface area contributed by atoms with E-state index in [-0.39, 0.29) is 0 Å². The Morgan fingerprint density at radius 1 is 1.12 bits per heavy atom. The third-order valence-corrected chi connectivity index (χ3v) is 2.45. The Labute approximate surface area is 95.1 Å². The van der Waals surface area contributed by atoms with E-state index in [1.54, 1.807) is 13.3 Å². The second kappa shape index (κ2) is 4.66. The van der Waals surface area contributed by atoms with Gasteiger partial charge in [-0.1, -0.05) is 12.1 Å². The Morgan fingerprint density at radius 3 is 2.50 bits per heavy atom. The minimum Gasteiger partial charge on any atom is -0.497 e. The van der Waals surface area contributed by atoms with E-state index in [0.29, 0.717) is 0 Å². The van der Waals surface area contributed by atoms with E-state index in [0.717, 1.165) is 22.7 Å². The zero-order chi connectivity index (χ0) is 11.4. The quantitative estimate of drug-likeness (QED) is 0.853. The molecule has 3 heteroatoms. The molecule has 2 rings (SSSR count). The molecule has 0 saturated carbocycles. The van der Waals surface area contributed by atoms with Gasteiger partial charge in [0.25, 0.3) is 0 Å². The average molecular weight is 214 g/mol. The molecule has 0 aliphatic heterocycles. The normalized spacial score (nSPS) is 9.88. The number of methoxy groups -OCH3 is 1. The van der Waals surface area contributed by atoms with Crippen LogP contribution in [-0.2, 0) is 0 Å². The summed E-state index contributed by atoms with van der Waals surface area (Å²) in [6.07, 6.45) is 1.78. The van der Waals surface area contributed by atoms with Crippen LogP contribution in [0.2, 0.25) is 0 Å². The number of nitrogens with one attached hydrogen (secondary N) is 1. The van der Waals surface area contributed by atoms with Crippen LogP contribution in [0.1, 0.15) is 0 Å². The summed E-state index contributed by atoms with van der Waals surface area (Å²) < 4.78 is 5.13. The van der Waals surface area contributed by atoms with Crippen LogP contribution >= 0.6 is 0 Å². The van der Waals surface area contributed by atoms with Crippen molar-refractivity contribution >= 4 is 5.82 Å². The highest BCUT2D eigenvalue weighted by Crippen LogP contribution is 2.26. The molecule has 0 unspecified atom stereocenters. The maximum Gasteiger partial charge on any atom is 0.133 e. The fourth-order valence-corrected chi connectivity index (χ4v) is 1.61. The van der Waals surface area contributed by atoms with E-state index in [1.807, 2.05) is 43.4 Å². The van der Waals surface area contributed by atoms with Crippen molar-refractivity contribution in [2.75, 3.05) is 19.5 Å². The number of hydrogen-bond acceptors (Lipinski definition) is 3. The number of anilines is 1. The Balaban J connectivity index is 2.42. The molecule has 82 valence electrons. The second-order valence-electron chi connectivity index (χ2n) is 3.38. The van der Waals surface area contributed by atoms with Crippen LogP contribution in [0.5, 0.6) is 5.75 Å². The summed E-state index contributed by atoms with van der Waals surface area (Å²) >= 11 is 0. The van der Waals surface area contributed by atoms with E-state index in [4.69, 9.17) is 4.74 Å². The van der Waals surface area contributed by atoms with Gasteiger partial charge in [0.1, 0.15) is 11.6 Å². The lowest BCUT2D eigenvalue weighted by molar-refractivity contribution is 0.415. The van der Waals surface area contributed by atoms with E-state index < -0.39 is 0 Å². The molecule has 1 heterocycles. The van der Waals surface area contributed by atoms with Gasteiger partial charge in [0.2, 0.25) is 0 Å². The molecule has 0 spiro atoms. The maximum atomic E-state index is 5.13. The standard InChI is InChI=1S/C13H14N2O/c1-14-13-12(4-3-9-15-13)10-5-7-11(16-2)8-6-10/h3-9H,1-2H3,(H,14,15). The van der Waals surface area contributed by atoms with Crippen LogP contribution in [0.3, 0.4) is 0 Å².